The molecule has 0 radical (unpaired) electrons. The van der Waals surface area contributed by atoms with Gasteiger partial charge in [0, 0.05) is 18.7 Å². The zero-order chi connectivity index (χ0) is 13.7. The second kappa shape index (κ2) is 6.33. The molecular weight excluding hydrogens is 242 g/mol. The summed E-state index contributed by atoms with van der Waals surface area (Å²) in [6, 6.07) is 8.83. The first kappa shape index (κ1) is 13.5. The lowest BCUT2D eigenvalue weighted by atomic mass is 10.1. The number of nitrogens with one attached hydrogen (secondary N) is 2. The Bertz CT molecular complexity index is 441. The molecule has 0 atom stereocenters. The zero-order valence-electron chi connectivity index (χ0n) is 11.1. The molecule has 0 saturated carbocycles. The predicted octanol–water partition coefficient (Wildman–Crippen LogP) is 1.82. The van der Waals surface area contributed by atoms with Crippen molar-refractivity contribution in [2.75, 3.05) is 18.4 Å². The van der Waals surface area contributed by atoms with Crippen molar-refractivity contribution in [1.29, 1.82) is 0 Å². The number of nitrogens with zero attached hydrogens (tertiary/aromatic N) is 1. The molecule has 2 N–H and O–H groups in total. The third kappa shape index (κ3) is 3.54. The van der Waals surface area contributed by atoms with Crippen molar-refractivity contribution >= 4 is 17.6 Å². The molecule has 1 aromatic carbocycles. The topological polar surface area (TPSA) is 61.4 Å². The minimum atomic E-state index is -0.342. The Kier molecular flexibility index (Phi) is 4.52. The van der Waals surface area contributed by atoms with Crippen LogP contribution in [-0.4, -0.2) is 36.0 Å². The number of anilines is 1. The lowest BCUT2D eigenvalue weighted by Crippen LogP contribution is -2.49. The molecule has 1 aliphatic heterocycles. The number of imide groups is 1. The van der Waals surface area contributed by atoms with Gasteiger partial charge < -0.3 is 10.6 Å². The van der Waals surface area contributed by atoms with Gasteiger partial charge in [-0.3, -0.25) is 9.69 Å². The van der Waals surface area contributed by atoms with Gasteiger partial charge in [-0.1, -0.05) is 18.2 Å². The van der Waals surface area contributed by atoms with Crippen molar-refractivity contribution in [3.63, 3.8) is 0 Å². The third-order valence-corrected chi connectivity index (χ3v) is 3.26. The number of hydrogen-bond acceptors (Lipinski definition) is 3. The van der Waals surface area contributed by atoms with E-state index in [0.29, 0.717) is 5.69 Å². The van der Waals surface area contributed by atoms with Gasteiger partial charge >= 0.3 is 6.03 Å². The van der Waals surface area contributed by atoms with E-state index in [9.17, 15) is 9.59 Å². The highest BCUT2D eigenvalue weighted by atomic mass is 16.2. The molecule has 1 saturated heterocycles. The number of urea groups is 1. The van der Waals surface area contributed by atoms with Crippen LogP contribution < -0.4 is 10.6 Å². The maximum atomic E-state index is 12.2. The summed E-state index contributed by atoms with van der Waals surface area (Å²) < 4.78 is 0. The van der Waals surface area contributed by atoms with Crippen LogP contribution in [0.3, 0.4) is 0 Å². The van der Waals surface area contributed by atoms with Crippen LogP contribution in [0.2, 0.25) is 0 Å². The lowest BCUT2D eigenvalue weighted by Gasteiger charge is -2.32. The van der Waals surface area contributed by atoms with Gasteiger partial charge in [-0.25, -0.2) is 4.79 Å². The summed E-state index contributed by atoms with van der Waals surface area (Å²) in [7, 11) is 0. The summed E-state index contributed by atoms with van der Waals surface area (Å²) in [5, 5.41) is 5.99. The van der Waals surface area contributed by atoms with E-state index in [-0.39, 0.29) is 18.0 Å². The normalized spacial score (nSPS) is 15.8. The minimum Gasteiger partial charge on any atom is -0.317 e. The van der Waals surface area contributed by atoms with Gasteiger partial charge in [-0.05, 0) is 38.1 Å². The van der Waals surface area contributed by atoms with Crippen LogP contribution in [0.5, 0.6) is 0 Å². The Morgan fingerprint density at radius 2 is 1.84 bits per heavy atom. The highest BCUT2D eigenvalue weighted by molar-refractivity contribution is 6.00. The van der Waals surface area contributed by atoms with Crippen molar-refractivity contribution in [3.05, 3.63) is 30.3 Å². The molecule has 0 bridgehead atoms. The second-order valence-corrected chi connectivity index (χ2v) is 4.67. The number of benzene rings is 1. The smallest absolute Gasteiger partial charge is 0.317 e. The fraction of sp³-hybridized carbons (Fsp3) is 0.429. The molecular formula is C14H19N3O2. The Morgan fingerprint density at radius 1 is 1.21 bits per heavy atom. The molecule has 2 rings (SSSR count). The largest absolute Gasteiger partial charge is 0.328 e. The number of para-hydroxylation sites is 1. The molecule has 5 nitrogen and oxygen atoms in total. The van der Waals surface area contributed by atoms with Crippen LogP contribution >= 0.6 is 0 Å². The molecule has 3 amide bonds. The molecule has 1 fully saturated rings. The summed E-state index contributed by atoms with van der Waals surface area (Å²) in [6.45, 7) is 3.12. The van der Waals surface area contributed by atoms with Gasteiger partial charge in [0.15, 0.2) is 0 Å². The summed E-state index contributed by atoms with van der Waals surface area (Å²) in [6.07, 6.45) is 1.61. The highest BCUT2D eigenvalue weighted by Crippen LogP contribution is 2.15. The van der Waals surface area contributed by atoms with Gasteiger partial charge in [0.05, 0.1) is 0 Å². The third-order valence-electron chi connectivity index (χ3n) is 3.26. The average Bonchev–Trinajstić information content (AvgIpc) is 2.40. The van der Waals surface area contributed by atoms with Crippen molar-refractivity contribution in [1.82, 2.24) is 10.2 Å². The second-order valence-electron chi connectivity index (χ2n) is 4.67. The maximum Gasteiger partial charge on any atom is 0.328 e. The van der Waals surface area contributed by atoms with Crippen LogP contribution in [0.15, 0.2) is 30.3 Å². The molecule has 1 aromatic rings. The fourth-order valence-electron chi connectivity index (χ4n) is 2.34. The van der Waals surface area contributed by atoms with Gasteiger partial charge in [-0.15, -0.1) is 0 Å². The number of amides is 3. The molecule has 0 aromatic heterocycles. The van der Waals surface area contributed by atoms with E-state index in [1.54, 1.807) is 12.1 Å². The molecule has 19 heavy (non-hydrogen) atoms. The first-order chi connectivity index (χ1) is 9.18. The molecule has 0 unspecified atom stereocenters. The van der Waals surface area contributed by atoms with E-state index >= 15 is 0 Å². The van der Waals surface area contributed by atoms with E-state index in [2.05, 4.69) is 10.6 Å². The van der Waals surface area contributed by atoms with E-state index in [0.717, 1.165) is 25.9 Å². The predicted molar refractivity (Wildman–Crippen MR) is 73.9 cm³/mol. The number of carbonyl (C=O) groups is 2. The highest BCUT2D eigenvalue weighted by Gasteiger charge is 2.28. The zero-order valence-corrected chi connectivity index (χ0v) is 11.1. The first-order valence-corrected chi connectivity index (χ1v) is 6.55. The summed E-state index contributed by atoms with van der Waals surface area (Å²) >= 11 is 0. The minimum absolute atomic E-state index is 0.0116. The molecule has 0 aliphatic carbocycles. The Labute approximate surface area is 113 Å². The number of rotatable bonds is 2. The van der Waals surface area contributed by atoms with E-state index < -0.39 is 0 Å². The van der Waals surface area contributed by atoms with Crippen molar-refractivity contribution in [2.45, 2.75) is 25.8 Å². The number of carbonyl (C=O) groups excluding carboxylic acids is 2. The van der Waals surface area contributed by atoms with E-state index in [1.165, 1.54) is 11.8 Å². The molecule has 102 valence electrons. The monoisotopic (exact) mass is 261 g/mol. The van der Waals surface area contributed by atoms with Gasteiger partial charge in [0.1, 0.15) is 0 Å². The summed E-state index contributed by atoms with van der Waals surface area (Å²) in [5.41, 5.74) is 0.702. The Hall–Kier alpha value is -1.88. The summed E-state index contributed by atoms with van der Waals surface area (Å²) in [5.74, 6) is -0.208. The SMILES string of the molecule is CC(=O)N(C(=O)Nc1ccccc1)C1CCNCC1. The van der Waals surface area contributed by atoms with Crippen molar-refractivity contribution < 1.29 is 9.59 Å². The summed E-state index contributed by atoms with van der Waals surface area (Å²) in [4.78, 5) is 25.3. The van der Waals surface area contributed by atoms with Crippen LogP contribution in [0.4, 0.5) is 10.5 Å². The van der Waals surface area contributed by atoms with Crippen LogP contribution in [0.1, 0.15) is 19.8 Å². The van der Waals surface area contributed by atoms with Crippen molar-refractivity contribution in [3.8, 4) is 0 Å². The molecule has 1 heterocycles. The van der Waals surface area contributed by atoms with Crippen LogP contribution in [0.25, 0.3) is 0 Å². The quantitative estimate of drug-likeness (QED) is 0.853. The standard InChI is InChI=1S/C14H19N3O2/c1-11(18)17(13-7-9-15-10-8-13)14(19)16-12-5-3-2-4-6-12/h2-6,13,15H,7-10H2,1H3,(H,16,19). The maximum absolute atomic E-state index is 12.2. The van der Waals surface area contributed by atoms with Crippen molar-refractivity contribution in [2.24, 2.45) is 0 Å². The van der Waals surface area contributed by atoms with Gasteiger partial charge in [0.2, 0.25) is 5.91 Å². The Balaban J connectivity index is 2.06. The number of piperidine rings is 1. The van der Waals surface area contributed by atoms with E-state index in [4.69, 9.17) is 0 Å². The Morgan fingerprint density at radius 3 is 2.42 bits per heavy atom. The fourth-order valence-corrected chi connectivity index (χ4v) is 2.34. The molecule has 0 spiro atoms. The van der Waals surface area contributed by atoms with Gasteiger partial charge in [0.25, 0.3) is 0 Å². The lowest BCUT2D eigenvalue weighted by molar-refractivity contribution is -0.127. The van der Waals surface area contributed by atoms with E-state index in [1.807, 2.05) is 18.2 Å². The first-order valence-electron chi connectivity index (χ1n) is 6.55. The molecule has 1 aliphatic rings. The number of hydrogen-bond donors (Lipinski definition) is 2. The molecule has 5 heteroatoms. The van der Waals surface area contributed by atoms with Crippen LogP contribution in [0, 0.1) is 0 Å². The van der Waals surface area contributed by atoms with Gasteiger partial charge in [-0.2, -0.15) is 0 Å². The van der Waals surface area contributed by atoms with Crippen LogP contribution in [-0.2, 0) is 4.79 Å². The average molecular weight is 261 g/mol.